The average Bonchev–Trinajstić information content (AvgIpc) is 3.28. The molecule has 0 spiro atoms. The molecule has 1 unspecified atom stereocenters. The SMILES string of the molecule is CCN(CC)C(=O)CN1CCN(CC(=O)NCC(c2ccco2)N(CC)CC)CC1. The summed E-state index contributed by atoms with van der Waals surface area (Å²) in [6.07, 6.45) is 1.68. The topological polar surface area (TPSA) is 72.3 Å². The second kappa shape index (κ2) is 12.7. The van der Waals surface area contributed by atoms with E-state index < -0.39 is 0 Å². The number of hydrogen-bond acceptors (Lipinski definition) is 6. The Morgan fingerprint density at radius 3 is 2.10 bits per heavy atom. The maximum Gasteiger partial charge on any atom is 0.236 e. The second-order valence-electron chi connectivity index (χ2n) is 7.67. The van der Waals surface area contributed by atoms with Crippen LogP contribution in [0.1, 0.15) is 39.5 Å². The summed E-state index contributed by atoms with van der Waals surface area (Å²) in [7, 11) is 0. The van der Waals surface area contributed by atoms with Crippen LogP contribution in [-0.4, -0.2) is 103 Å². The van der Waals surface area contributed by atoms with Crippen LogP contribution in [-0.2, 0) is 9.59 Å². The van der Waals surface area contributed by atoms with Gasteiger partial charge >= 0.3 is 0 Å². The van der Waals surface area contributed by atoms with Gasteiger partial charge in [-0.3, -0.25) is 24.3 Å². The van der Waals surface area contributed by atoms with Crippen molar-refractivity contribution < 1.29 is 14.0 Å². The minimum atomic E-state index is 0.0337. The number of carbonyl (C=O) groups is 2. The van der Waals surface area contributed by atoms with E-state index in [4.69, 9.17) is 4.42 Å². The average molecular weight is 422 g/mol. The normalized spacial score (nSPS) is 16.6. The van der Waals surface area contributed by atoms with E-state index in [0.717, 1.165) is 58.1 Å². The molecule has 0 saturated carbocycles. The van der Waals surface area contributed by atoms with E-state index in [9.17, 15) is 9.59 Å². The third-order valence-corrected chi connectivity index (χ3v) is 5.92. The number of rotatable bonds is 12. The van der Waals surface area contributed by atoms with Gasteiger partial charge in [-0.25, -0.2) is 0 Å². The first-order valence-electron chi connectivity index (χ1n) is 11.3. The zero-order valence-electron chi connectivity index (χ0n) is 19.1. The Bertz CT molecular complexity index is 621. The van der Waals surface area contributed by atoms with Crippen LogP contribution >= 0.6 is 0 Å². The van der Waals surface area contributed by atoms with Crippen LogP contribution in [0, 0.1) is 0 Å². The van der Waals surface area contributed by atoms with Crippen LogP contribution in [0.15, 0.2) is 22.8 Å². The minimum absolute atomic E-state index is 0.0337. The number of carbonyl (C=O) groups excluding carboxylic acids is 2. The molecule has 1 saturated heterocycles. The molecule has 2 amide bonds. The molecule has 1 aromatic heterocycles. The Kier molecular flexibility index (Phi) is 10.3. The lowest BCUT2D eigenvalue weighted by molar-refractivity contribution is -0.133. The quantitative estimate of drug-likeness (QED) is 0.548. The van der Waals surface area contributed by atoms with Crippen molar-refractivity contribution in [3.05, 3.63) is 24.2 Å². The van der Waals surface area contributed by atoms with Crippen LogP contribution in [0.3, 0.4) is 0 Å². The summed E-state index contributed by atoms with van der Waals surface area (Å²) in [5.41, 5.74) is 0. The number of hydrogen-bond donors (Lipinski definition) is 1. The van der Waals surface area contributed by atoms with Crippen LogP contribution in [0.5, 0.6) is 0 Å². The molecule has 1 aliphatic heterocycles. The van der Waals surface area contributed by atoms with Crippen molar-refractivity contribution in [3.63, 3.8) is 0 Å². The van der Waals surface area contributed by atoms with Gasteiger partial charge in [0.2, 0.25) is 11.8 Å². The summed E-state index contributed by atoms with van der Waals surface area (Å²) in [5.74, 6) is 1.10. The second-order valence-corrected chi connectivity index (χ2v) is 7.67. The molecule has 1 atom stereocenters. The molecule has 30 heavy (non-hydrogen) atoms. The smallest absolute Gasteiger partial charge is 0.236 e. The number of furan rings is 1. The summed E-state index contributed by atoms with van der Waals surface area (Å²) in [4.78, 5) is 33.3. The summed E-state index contributed by atoms with van der Waals surface area (Å²) in [5, 5.41) is 3.08. The molecule has 1 aliphatic rings. The third kappa shape index (κ3) is 7.11. The monoisotopic (exact) mass is 421 g/mol. The Morgan fingerprint density at radius 1 is 1.00 bits per heavy atom. The highest BCUT2D eigenvalue weighted by molar-refractivity contribution is 5.78. The van der Waals surface area contributed by atoms with Crippen molar-refractivity contribution in [2.24, 2.45) is 0 Å². The lowest BCUT2D eigenvalue weighted by Gasteiger charge is -2.35. The summed E-state index contributed by atoms with van der Waals surface area (Å²) < 4.78 is 5.60. The van der Waals surface area contributed by atoms with E-state index in [0.29, 0.717) is 19.6 Å². The van der Waals surface area contributed by atoms with Gasteiger partial charge in [0.25, 0.3) is 0 Å². The van der Waals surface area contributed by atoms with Crippen LogP contribution in [0.2, 0.25) is 0 Å². The van der Waals surface area contributed by atoms with Crippen molar-refractivity contribution in [2.75, 3.05) is 72.0 Å². The number of amides is 2. The Hall–Kier alpha value is -1.90. The van der Waals surface area contributed by atoms with Gasteiger partial charge in [0.1, 0.15) is 5.76 Å². The van der Waals surface area contributed by atoms with Gasteiger partial charge in [0.15, 0.2) is 0 Å². The predicted octanol–water partition coefficient (Wildman–Crippen LogP) is 1.26. The molecule has 1 aromatic rings. The molecular weight excluding hydrogens is 382 g/mol. The molecule has 8 heteroatoms. The summed E-state index contributed by atoms with van der Waals surface area (Å²) in [6.45, 7) is 16.2. The van der Waals surface area contributed by atoms with Crippen molar-refractivity contribution in [1.29, 1.82) is 0 Å². The first-order valence-corrected chi connectivity index (χ1v) is 11.3. The maximum absolute atomic E-state index is 12.5. The lowest BCUT2D eigenvalue weighted by Crippen LogP contribution is -2.52. The standard InChI is InChI=1S/C22H39N5O3/c1-5-26(6-2)19(20-10-9-15-30-20)16-23-21(28)17-24-11-13-25(14-12-24)18-22(29)27(7-3)8-4/h9-10,15,19H,5-8,11-14,16-18H2,1-4H3,(H,23,28). The highest BCUT2D eigenvalue weighted by atomic mass is 16.3. The highest BCUT2D eigenvalue weighted by Gasteiger charge is 2.24. The van der Waals surface area contributed by atoms with E-state index in [2.05, 4.69) is 33.9 Å². The van der Waals surface area contributed by atoms with E-state index in [1.54, 1.807) is 6.26 Å². The zero-order chi connectivity index (χ0) is 21.9. The van der Waals surface area contributed by atoms with E-state index in [-0.39, 0.29) is 17.9 Å². The zero-order valence-corrected chi connectivity index (χ0v) is 19.1. The van der Waals surface area contributed by atoms with Gasteiger partial charge in [-0.05, 0) is 39.1 Å². The number of nitrogens with zero attached hydrogens (tertiary/aromatic N) is 4. The first-order chi connectivity index (χ1) is 14.5. The molecule has 0 aliphatic carbocycles. The van der Waals surface area contributed by atoms with Crippen molar-refractivity contribution >= 4 is 11.8 Å². The molecule has 2 heterocycles. The summed E-state index contributed by atoms with van der Waals surface area (Å²) in [6, 6.07) is 3.90. The van der Waals surface area contributed by atoms with Gasteiger partial charge in [0.05, 0.1) is 25.4 Å². The van der Waals surface area contributed by atoms with Gasteiger partial charge in [0, 0.05) is 45.8 Å². The molecule has 1 fully saturated rings. The highest BCUT2D eigenvalue weighted by Crippen LogP contribution is 2.20. The van der Waals surface area contributed by atoms with Crippen LogP contribution in [0.25, 0.3) is 0 Å². The fourth-order valence-corrected chi connectivity index (χ4v) is 4.00. The first kappa shape index (κ1) is 24.4. The number of piperazine rings is 1. The Morgan fingerprint density at radius 2 is 1.60 bits per heavy atom. The van der Waals surface area contributed by atoms with Gasteiger partial charge < -0.3 is 14.6 Å². The fourth-order valence-electron chi connectivity index (χ4n) is 4.00. The van der Waals surface area contributed by atoms with Crippen LogP contribution in [0.4, 0.5) is 0 Å². The Balaban J connectivity index is 1.76. The molecule has 0 bridgehead atoms. The van der Waals surface area contributed by atoms with Gasteiger partial charge in [-0.1, -0.05) is 13.8 Å². The van der Waals surface area contributed by atoms with Crippen molar-refractivity contribution in [2.45, 2.75) is 33.7 Å². The van der Waals surface area contributed by atoms with Crippen LogP contribution < -0.4 is 5.32 Å². The van der Waals surface area contributed by atoms with Gasteiger partial charge in [-0.2, -0.15) is 0 Å². The maximum atomic E-state index is 12.5. The summed E-state index contributed by atoms with van der Waals surface area (Å²) >= 11 is 0. The van der Waals surface area contributed by atoms with E-state index >= 15 is 0 Å². The lowest BCUT2D eigenvalue weighted by atomic mass is 10.2. The molecule has 0 aromatic carbocycles. The van der Waals surface area contributed by atoms with E-state index in [1.807, 2.05) is 30.9 Å². The Labute approximate surface area is 181 Å². The van der Waals surface area contributed by atoms with E-state index in [1.165, 1.54) is 0 Å². The third-order valence-electron chi connectivity index (χ3n) is 5.92. The molecule has 8 nitrogen and oxygen atoms in total. The molecule has 0 radical (unpaired) electrons. The number of nitrogens with one attached hydrogen (secondary N) is 1. The van der Waals surface area contributed by atoms with Crippen molar-refractivity contribution in [3.8, 4) is 0 Å². The fraction of sp³-hybridized carbons (Fsp3) is 0.727. The molecule has 170 valence electrons. The molecule has 2 rings (SSSR count). The minimum Gasteiger partial charge on any atom is -0.468 e. The largest absolute Gasteiger partial charge is 0.468 e. The number of likely N-dealkylation sites (N-methyl/N-ethyl adjacent to an activating group) is 2. The molecular formula is C22H39N5O3. The predicted molar refractivity (Wildman–Crippen MR) is 118 cm³/mol. The van der Waals surface area contributed by atoms with Crippen molar-refractivity contribution in [1.82, 2.24) is 24.9 Å². The molecule has 1 N–H and O–H groups in total. The van der Waals surface area contributed by atoms with Gasteiger partial charge in [-0.15, -0.1) is 0 Å².